The number of benzene rings is 1. The number of amides is 1. The minimum absolute atomic E-state index is 0.184. The van der Waals surface area contributed by atoms with Crippen molar-refractivity contribution in [3.05, 3.63) is 52.8 Å². The first-order valence-corrected chi connectivity index (χ1v) is 8.54. The first-order chi connectivity index (χ1) is 11.6. The number of carbonyl (C=O) groups is 1. The van der Waals surface area contributed by atoms with Gasteiger partial charge in [0.15, 0.2) is 0 Å². The van der Waals surface area contributed by atoms with Crippen LogP contribution in [0.2, 0.25) is 5.02 Å². The van der Waals surface area contributed by atoms with Gasteiger partial charge < -0.3 is 10.2 Å². The Bertz CT molecular complexity index is 660. The van der Waals surface area contributed by atoms with Crippen molar-refractivity contribution in [3.63, 3.8) is 0 Å². The predicted molar refractivity (Wildman–Crippen MR) is 97.7 cm³/mol. The second-order valence-corrected chi connectivity index (χ2v) is 6.09. The van der Waals surface area contributed by atoms with Gasteiger partial charge >= 0.3 is 0 Å². The van der Waals surface area contributed by atoms with Gasteiger partial charge in [-0.2, -0.15) is 0 Å². The summed E-state index contributed by atoms with van der Waals surface area (Å²) in [5.41, 5.74) is 1.52. The molecule has 1 heterocycles. The molecule has 0 spiro atoms. The highest BCUT2D eigenvalue weighted by Gasteiger charge is 2.10. The molecule has 0 aliphatic heterocycles. The molecular formula is C18H23ClN4O. The maximum absolute atomic E-state index is 12.2. The number of hydrogen-bond acceptors (Lipinski definition) is 4. The number of rotatable bonds is 8. The van der Waals surface area contributed by atoms with Crippen molar-refractivity contribution >= 4 is 23.5 Å². The van der Waals surface area contributed by atoms with Crippen molar-refractivity contribution in [2.75, 3.05) is 25.0 Å². The van der Waals surface area contributed by atoms with Crippen LogP contribution in [-0.2, 0) is 6.42 Å². The largest absolute Gasteiger partial charge is 0.350 e. The van der Waals surface area contributed by atoms with Crippen molar-refractivity contribution < 1.29 is 4.79 Å². The van der Waals surface area contributed by atoms with Crippen molar-refractivity contribution in [2.24, 2.45) is 0 Å². The van der Waals surface area contributed by atoms with Gasteiger partial charge in [0, 0.05) is 31.4 Å². The van der Waals surface area contributed by atoms with Crippen LogP contribution in [0.3, 0.4) is 0 Å². The third kappa shape index (κ3) is 5.49. The summed E-state index contributed by atoms with van der Waals surface area (Å²) in [6, 6.07) is 9.25. The molecule has 24 heavy (non-hydrogen) atoms. The summed E-state index contributed by atoms with van der Waals surface area (Å²) >= 11 is 5.86. The van der Waals surface area contributed by atoms with Crippen LogP contribution >= 0.6 is 11.6 Å². The van der Waals surface area contributed by atoms with Crippen LogP contribution in [0.4, 0.5) is 5.95 Å². The van der Waals surface area contributed by atoms with Crippen molar-refractivity contribution in [2.45, 2.75) is 26.2 Å². The fourth-order valence-corrected chi connectivity index (χ4v) is 2.34. The summed E-state index contributed by atoms with van der Waals surface area (Å²) in [5.74, 6) is 0.394. The molecule has 1 aromatic heterocycles. The Morgan fingerprint density at radius 2 is 2.00 bits per heavy atom. The molecule has 0 fully saturated rings. The molecule has 0 aliphatic carbocycles. The molecule has 128 valence electrons. The van der Waals surface area contributed by atoms with Crippen LogP contribution in [0.5, 0.6) is 0 Å². The summed E-state index contributed by atoms with van der Waals surface area (Å²) in [4.78, 5) is 22.8. The number of unbranched alkanes of at least 4 members (excludes halogenated alkanes) is 1. The van der Waals surface area contributed by atoms with Gasteiger partial charge in [0.1, 0.15) is 5.69 Å². The van der Waals surface area contributed by atoms with Crippen molar-refractivity contribution in [1.29, 1.82) is 0 Å². The van der Waals surface area contributed by atoms with E-state index in [1.807, 2.05) is 36.2 Å². The van der Waals surface area contributed by atoms with Gasteiger partial charge in [0.2, 0.25) is 5.95 Å². The number of carbonyl (C=O) groups excluding carboxylic acids is 1. The van der Waals surface area contributed by atoms with E-state index in [2.05, 4.69) is 22.2 Å². The molecule has 2 rings (SSSR count). The molecule has 0 saturated carbocycles. The highest BCUT2D eigenvalue weighted by atomic mass is 35.5. The van der Waals surface area contributed by atoms with Gasteiger partial charge in [0.05, 0.1) is 0 Å². The molecule has 5 nitrogen and oxygen atoms in total. The zero-order chi connectivity index (χ0) is 17.4. The molecule has 0 bridgehead atoms. The lowest BCUT2D eigenvalue weighted by Crippen LogP contribution is -2.28. The fourth-order valence-electron chi connectivity index (χ4n) is 2.22. The Morgan fingerprint density at radius 1 is 1.25 bits per heavy atom. The van der Waals surface area contributed by atoms with Gasteiger partial charge in [-0.05, 0) is 36.6 Å². The second-order valence-electron chi connectivity index (χ2n) is 5.65. The van der Waals surface area contributed by atoms with Crippen molar-refractivity contribution in [1.82, 2.24) is 15.3 Å². The topological polar surface area (TPSA) is 58.1 Å². The van der Waals surface area contributed by atoms with Crippen LogP contribution in [-0.4, -0.2) is 36.0 Å². The molecule has 1 aromatic carbocycles. The van der Waals surface area contributed by atoms with Crippen molar-refractivity contribution in [3.8, 4) is 0 Å². The molecule has 1 amide bonds. The first-order valence-electron chi connectivity index (χ1n) is 8.17. The number of aromatic nitrogens is 2. The van der Waals surface area contributed by atoms with E-state index in [-0.39, 0.29) is 5.91 Å². The number of halogens is 1. The SMILES string of the molecule is CCCCN(C)c1nccc(C(=O)NCCc2ccc(Cl)cc2)n1. The Balaban J connectivity index is 1.88. The van der Waals surface area contributed by atoms with Gasteiger partial charge in [-0.1, -0.05) is 37.1 Å². The summed E-state index contributed by atoms with van der Waals surface area (Å²) in [6.07, 6.45) is 4.54. The minimum atomic E-state index is -0.184. The Kier molecular flexibility index (Phi) is 7.00. The lowest BCUT2D eigenvalue weighted by atomic mass is 10.1. The number of nitrogens with one attached hydrogen (secondary N) is 1. The highest BCUT2D eigenvalue weighted by Crippen LogP contribution is 2.10. The summed E-state index contributed by atoms with van der Waals surface area (Å²) < 4.78 is 0. The Hall–Kier alpha value is -2.14. The Morgan fingerprint density at radius 3 is 2.71 bits per heavy atom. The Labute approximate surface area is 148 Å². The molecule has 0 radical (unpaired) electrons. The summed E-state index contributed by atoms with van der Waals surface area (Å²) in [5, 5.41) is 3.60. The highest BCUT2D eigenvalue weighted by molar-refractivity contribution is 6.30. The normalized spacial score (nSPS) is 10.5. The second kappa shape index (κ2) is 9.23. The first kappa shape index (κ1) is 18.2. The van der Waals surface area contributed by atoms with E-state index in [0.717, 1.165) is 31.4 Å². The zero-order valence-electron chi connectivity index (χ0n) is 14.1. The third-order valence-electron chi connectivity index (χ3n) is 3.68. The number of hydrogen-bond donors (Lipinski definition) is 1. The molecule has 0 unspecified atom stereocenters. The molecule has 0 aliphatic rings. The van der Waals surface area contributed by atoms with Gasteiger partial charge in [-0.15, -0.1) is 0 Å². The van der Waals surface area contributed by atoms with E-state index in [4.69, 9.17) is 11.6 Å². The van der Waals surface area contributed by atoms with E-state index in [1.54, 1.807) is 12.3 Å². The maximum atomic E-state index is 12.2. The zero-order valence-corrected chi connectivity index (χ0v) is 14.9. The maximum Gasteiger partial charge on any atom is 0.270 e. The van der Waals surface area contributed by atoms with E-state index < -0.39 is 0 Å². The molecule has 1 N–H and O–H groups in total. The average Bonchev–Trinajstić information content (AvgIpc) is 2.61. The van der Waals surface area contributed by atoms with E-state index in [1.165, 1.54) is 0 Å². The van der Waals surface area contributed by atoms with Crippen LogP contribution < -0.4 is 10.2 Å². The summed E-state index contributed by atoms with van der Waals surface area (Å²) in [6.45, 7) is 3.56. The lowest BCUT2D eigenvalue weighted by molar-refractivity contribution is 0.0949. The lowest BCUT2D eigenvalue weighted by Gasteiger charge is -2.16. The smallest absolute Gasteiger partial charge is 0.270 e. The fraction of sp³-hybridized carbons (Fsp3) is 0.389. The van der Waals surface area contributed by atoms with Crippen LogP contribution in [0.15, 0.2) is 36.5 Å². The molecule has 2 aromatic rings. The molecule has 0 saturated heterocycles. The third-order valence-corrected chi connectivity index (χ3v) is 3.93. The monoisotopic (exact) mass is 346 g/mol. The number of nitrogens with zero attached hydrogens (tertiary/aromatic N) is 3. The van der Waals surface area contributed by atoms with Crippen LogP contribution in [0.1, 0.15) is 35.8 Å². The van der Waals surface area contributed by atoms with Gasteiger partial charge in [-0.3, -0.25) is 4.79 Å². The molecule has 6 heteroatoms. The molecular weight excluding hydrogens is 324 g/mol. The number of anilines is 1. The molecule has 0 atom stereocenters. The predicted octanol–water partition coefficient (Wildman–Crippen LogP) is 3.34. The van der Waals surface area contributed by atoms with Gasteiger partial charge in [0.25, 0.3) is 5.91 Å². The van der Waals surface area contributed by atoms with Gasteiger partial charge in [-0.25, -0.2) is 9.97 Å². The van der Waals surface area contributed by atoms with E-state index in [9.17, 15) is 4.79 Å². The van der Waals surface area contributed by atoms with Crippen LogP contribution in [0, 0.1) is 0 Å². The van der Waals surface area contributed by atoms with E-state index >= 15 is 0 Å². The minimum Gasteiger partial charge on any atom is -0.350 e. The van der Waals surface area contributed by atoms with Crippen LogP contribution in [0.25, 0.3) is 0 Å². The average molecular weight is 347 g/mol. The quantitative estimate of drug-likeness (QED) is 0.796. The summed E-state index contributed by atoms with van der Waals surface area (Å²) in [7, 11) is 1.94. The van der Waals surface area contributed by atoms with E-state index in [0.29, 0.717) is 23.2 Å². The standard InChI is InChI=1S/C18H23ClN4O/c1-3-4-13-23(2)18-21-12-10-16(22-18)17(24)20-11-9-14-5-7-15(19)8-6-14/h5-8,10,12H,3-4,9,11,13H2,1-2H3,(H,20,24).